The molecule has 0 saturated carbocycles. The van der Waals surface area contributed by atoms with Gasteiger partial charge in [-0.3, -0.25) is 4.79 Å². The lowest BCUT2D eigenvalue weighted by Gasteiger charge is -2.06. The third-order valence-electron chi connectivity index (χ3n) is 1.80. The molecule has 0 bridgehead atoms. The molecule has 0 radical (unpaired) electrons. The Kier molecular flexibility index (Phi) is 5.11. The highest BCUT2D eigenvalue weighted by Gasteiger charge is 2.02. The number of hydrogen-bond acceptors (Lipinski definition) is 4. The van der Waals surface area contributed by atoms with E-state index in [1.54, 1.807) is 24.3 Å². The van der Waals surface area contributed by atoms with Gasteiger partial charge in [-0.05, 0) is 24.3 Å². The molecule has 16 heavy (non-hydrogen) atoms. The molecule has 1 aromatic carbocycles. The first-order valence-corrected chi connectivity index (χ1v) is 4.92. The summed E-state index contributed by atoms with van der Waals surface area (Å²) >= 11 is 0. The van der Waals surface area contributed by atoms with E-state index in [4.69, 9.17) is 10.5 Å². The average Bonchev–Trinajstić information content (AvgIpc) is 2.29. The highest BCUT2D eigenvalue weighted by atomic mass is 19.1. The molecule has 2 N–H and O–H groups in total. The van der Waals surface area contributed by atoms with Gasteiger partial charge in [-0.2, -0.15) is 0 Å². The Hall–Kier alpha value is -1.78. The first kappa shape index (κ1) is 12.3. The molecular weight excluding hydrogens is 213 g/mol. The summed E-state index contributed by atoms with van der Waals surface area (Å²) in [4.78, 5) is 11.0. The molecule has 0 aromatic heterocycles. The summed E-state index contributed by atoms with van der Waals surface area (Å²) in [7, 11) is 0. The quantitative estimate of drug-likeness (QED) is 0.591. The second-order valence-electron chi connectivity index (χ2n) is 3.08. The summed E-state index contributed by atoms with van der Waals surface area (Å²) < 4.78 is 21.5. The van der Waals surface area contributed by atoms with Crippen molar-refractivity contribution in [3.63, 3.8) is 0 Å². The molecule has 0 saturated heterocycles. The molecule has 0 aliphatic heterocycles. The molecule has 0 spiro atoms. The van der Waals surface area contributed by atoms with Crippen LogP contribution in [0.5, 0.6) is 5.75 Å². The maximum atomic E-state index is 11.7. The largest absolute Gasteiger partial charge is 0.493 e. The van der Waals surface area contributed by atoms with Gasteiger partial charge in [0.05, 0.1) is 13.0 Å². The van der Waals surface area contributed by atoms with Gasteiger partial charge in [0.25, 0.3) is 0 Å². The van der Waals surface area contributed by atoms with Gasteiger partial charge in [-0.25, -0.2) is 4.39 Å². The Balaban J connectivity index is 2.20. The Morgan fingerprint density at radius 2 is 1.94 bits per heavy atom. The lowest BCUT2D eigenvalue weighted by atomic mass is 10.3. The lowest BCUT2D eigenvalue weighted by Crippen LogP contribution is -2.11. The van der Waals surface area contributed by atoms with Crippen molar-refractivity contribution in [2.75, 3.05) is 25.6 Å². The average molecular weight is 227 g/mol. The van der Waals surface area contributed by atoms with E-state index in [1.165, 1.54) is 0 Å². The Labute approximate surface area is 93.2 Å². The number of ether oxygens (including phenoxy) is 2. The van der Waals surface area contributed by atoms with Crippen molar-refractivity contribution in [1.82, 2.24) is 0 Å². The van der Waals surface area contributed by atoms with Gasteiger partial charge in [0.2, 0.25) is 0 Å². The number of nitrogen functional groups attached to an aromatic ring is 1. The third-order valence-corrected chi connectivity index (χ3v) is 1.80. The second kappa shape index (κ2) is 6.66. The van der Waals surface area contributed by atoms with Crippen LogP contribution in [0.15, 0.2) is 24.3 Å². The van der Waals surface area contributed by atoms with E-state index >= 15 is 0 Å². The molecule has 0 atom stereocenters. The number of nitrogens with two attached hydrogens (primary N) is 1. The van der Waals surface area contributed by atoms with Crippen LogP contribution in [0, 0.1) is 0 Å². The van der Waals surface area contributed by atoms with Crippen LogP contribution in [0.3, 0.4) is 0 Å². The minimum Gasteiger partial charge on any atom is -0.493 e. The lowest BCUT2D eigenvalue weighted by molar-refractivity contribution is -0.144. The smallest absolute Gasteiger partial charge is 0.309 e. The molecule has 0 aliphatic rings. The summed E-state index contributed by atoms with van der Waals surface area (Å²) in [5, 5.41) is 0. The van der Waals surface area contributed by atoms with Gasteiger partial charge in [0.15, 0.2) is 0 Å². The number of esters is 1. The predicted molar refractivity (Wildman–Crippen MR) is 57.9 cm³/mol. The Morgan fingerprint density at radius 1 is 1.25 bits per heavy atom. The number of benzene rings is 1. The topological polar surface area (TPSA) is 61.5 Å². The molecule has 88 valence electrons. The van der Waals surface area contributed by atoms with E-state index in [0.29, 0.717) is 11.4 Å². The second-order valence-corrected chi connectivity index (χ2v) is 3.08. The van der Waals surface area contributed by atoms with Crippen LogP contribution in [-0.4, -0.2) is 25.9 Å². The van der Waals surface area contributed by atoms with Crippen LogP contribution in [-0.2, 0) is 9.53 Å². The van der Waals surface area contributed by atoms with Crippen molar-refractivity contribution in [2.45, 2.75) is 6.42 Å². The molecule has 1 rings (SSSR count). The molecule has 1 aromatic rings. The fourth-order valence-electron chi connectivity index (χ4n) is 1.04. The van der Waals surface area contributed by atoms with Crippen LogP contribution in [0.2, 0.25) is 0 Å². The van der Waals surface area contributed by atoms with Gasteiger partial charge in [0, 0.05) is 5.69 Å². The molecule has 0 amide bonds. The van der Waals surface area contributed by atoms with Gasteiger partial charge < -0.3 is 15.2 Å². The molecule has 4 nitrogen and oxygen atoms in total. The highest BCUT2D eigenvalue weighted by molar-refractivity contribution is 5.69. The SMILES string of the molecule is Nc1ccc(OCCC(=O)OCCF)cc1. The van der Waals surface area contributed by atoms with E-state index in [1.807, 2.05) is 0 Å². The van der Waals surface area contributed by atoms with E-state index < -0.39 is 12.6 Å². The van der Waals surface area contributed by atoms with Crippen LogP contribution < -0.4 is 10.5 Å². The summed E-state index contributed by atoms with van der Waals surface area (Å²) in [6, 6.07) is 6.83. The summed E-state index contributed by atoms with van der Waals surface area (Å²) in [5.74, 6) is 0.167. The fraction of sp³-hybridized carbons (Fsp3) is 0.364. The number of hydrogen-bond donors (Lipinski definition) is 1. The van der Waals surface area contributed by atoms with Crippen molar-refractivity contribution in [3.05, 3.63) is 24.3 Å². The summed E-state index contributed by atoms with van der Waals surface area (Å²) in [6.07, 6.45) is 0.102. The highest BCUT2D eigenvalue weighted by Crippen LogP contribution is 2.13. The molecule has 5 heteroatoms. The Bertz CT molecular complexity index is 327. The number of halogens is 1. The van der Waals surface area contributed by atoms with Crippen molar-refractivity contribution in [1.29, 1.82) is 0 Å². The van der Waals surface area contributed by atoms with Crippen molar-refractivity contribution >= 4 is 11.7 Å². The van der Waals surface area contributed by atoms with E-state index in [9.17, 15) is 9.18 Å². The van der Waals surface area contributed by atoms with Crippen LogP contribution in [0.25, 0.3) is 0 Å². The van der Waals surface area contributed by atoms with Crippen LogP contribution in [0.4, 0.5) is 10.1 Å². The molecule has 0 heterocycles. The van der Waals surface area contributed by atoms with Gasteiger partial charge in [-0.15, -0.1) is 0 Å². The first-order valence-electron chi connectivity index (χ1n) is 4.92. The standard InChI is InChI=1S/C11H14FNO3/c12-6-8-16-11(14)5-7-15-10-3-1-9(13)2-4-10/h1-4H,5-8,13H2. The maximum absolute atomic E-state index is 11.7. The van der Waals surface area contributed by atoms with Crippen molar-refractivity contribution in [2.24, 2.45) is 0 Å². The van der Waals surface area contributed by atoms with Gasteiger partial charge in [-0.1, -0.05) is 0 Å². The van der Waals surface area contributed by atoms with Gasteiger partial charge in [0.1, 0.15) is 19.0 Å². The fourth-order valence-corrected chi connectivity index (χ4v) is 1.04. The minimum absolute atomic E-state index is 0.102. The first-order chi connectivity index (χ1) is 7.72. The molecular formula is C11H14FNO3. The zero-order valence-electron chi connectivity index (χ0n) is 8.82. The van der Waals surface area contributed by atoms with Crippen LogP contribution >= 0.6 is 0 Å². The third kappa shape index (κ3) is 4.63. The number of alkyl halides is 1. The summed E-state index contributed by atoms with van der Waals surface area (Å²) in [6.45, 7) is -0.652. The maximum Gasteiger partial charge on any atom is 0.309 e. The van der Waals surface area contributed by atoms with Crippen molar-refractivity contribution in [3.8, 4) is 5.75 Å². The zero-order valence-corrected chi connectivity index (χ0v) is 8.82. The van der Waals surface area contributed by atoms with Crippen molar-refractivity contribution < 1.29 is 18.7 Å². The van der Waals surface area contributed by atoms with E-state index in [-0.39, 0.29) is 19.6 Å². The van der Waals surface area contributed by atoms with Crippen LogP contribution in [0.1, 0.15) is 6.42 Å². The number of anilines is 1. The molecule has 0 unspecified atom stereocenters. The van der Waals surface area contributed by atoms with Gasteiger partial charge >= 0.3 is 5.97 Å². The number of carbonyl (C=O) groups excluding carboxylic acids is 1. The van der Waals surface area contributed by atoms with E-state index in [2.05, 4.69) is 4.74 Å². The molecule has 0 aliphatic carbocycles. The molecule has 0 fully saturated rings. The number of carbonyl (C=O) groups is 1. The Morgan fingerprint density at radius 3 is 2.56 bits per heavy atom. The predicted octanol–water partition coefficient (Wildman–Crippen LogP) is 1.55. The monoisotopic (exact) mass is 227 g/mol. The van der Waals surface area contributed by atoms with E-state index in [0.717, 1.165) is 0 Å². The zero-order chi connectivity index (χ0) is 11.8. The summed E-state index contributed by atoms with van der Waals surface area (Å²) in [5.41, 5.74) is 6.14. The number of rotatable bonds is 6. The normalized spacial score (nSPS) is 9.81. The minimum atomic E-state index is -0.662.